The fourth-order valence-corrected chi connectivity index (χ4v) is 3.83. The van der Waals surface area contributed by atoms with Crippen molar-refractivity contribution in [3.05, 3.63) is 0 Å². The summed E-state index contributed by atoms with van der Waals surface area (Å²) in [4.78, 5) is 11.2. The molecule has 0 heterocycles. The monoisotopic (exact) mass is 437 g/mol. The minimum absolute atomic E-state index is 0.122. The third kappa shape index (κ3) is 6.73. The van der Waals surface area contributed by atoms with E-state index in [1.807, 2.05) is 18.4 Å². The zero-order valence-corrected chi connectivity index (χ0v) is 15.7. The van der Waals surface area contributed by atoms with Crippen molar-refractivity contribution in [2.45, 2.75) is 56.4 Å². The number of carbonyl (C=O) groups is 1. The summed E-state index contributed by atoms with van der Waals surface area (Å²) >= 11 is 0. The number of carbonyl (C=O) groups excluding carboxylic acids is 1. The Bertz CT molecular complexity index is 498. The number of hydrogen-bond acceptors (Lipinski definition) is 3. The number of alkyl halides is 9. The summed E-state index contributed by atoms with van der Waals surface area (Å²) in [5, 5.41) is 1.91. The number of ether oxygens (including phenoxy) is 1. The first-order valence-electron chi connectivity index (χ1n) is 7.66. The molecule has 0 rings (SSSR count). The lowest BCUT2D eigenvalue weighted by Crippen LogP contribution is -2.62. The fourth-order valence-electron chi connectivity index (χ4n) is 1.87. The second-order valence-corrected chi connectivity index (χ2v) is 10.5. The first kappa shape index (κ1) is 25.8. The summed E-state index contributed by atoms with van der Waals surface area (Å²) in [5.74, 6) is -19.8. The van der Waals surface area contributed by atoms with Gasteiger partial charge in [0.2, 0.25) is 0 Å². The van der Waals surface area contributed by atoms with Crippen molar-refractivity contribution in [3.8, 4) is 0 Å². The number of hydrogen-bond donors (Lipinski definition) is 1. The SMILES string of the molecule is CCO[Si](C)(C)CCCNC(=O)OCC(F)(F)C(F)(F)C(F)(F)C(F)(F)F. The smallest absolute Gasteiger partial charge is 0.443 e. The Kier molecular flexibility index (Phi) is 8.49. The number of alkyl carbamates (subject to hydrolysis) is 1. The highest BCUT2D eigenvalue weighted by molar-refractivity contribution is 6.71. The van der Waals surface area contributed by atoms with Crippen LogP contribution < -0.4 is 5.32 Å². The van der Waals surface area contributed by atoms with E-state index in [1.165, 1.54) is 0 Å². The lowest BCUT2D eigenvalue weighted by atomic mass is 10.0. The van der Waals surface area contributed by atoms with Crippen LogP contribution in [-0.4, -0.2) is 58.1 Å². The van der Waals surface area contributed by atoms with E-state index in [4.69, 9.17) is 4.43 Å². The Balaban J connectivity index is 4.62. The van der Waals surface area contributed by atoms with Gasteiger partial charge in [0.15, 0.2) is 14.9 Å². The van der Waals surface area contributed by atoms with Crippen molar-refractivity contribution in [2.24, 2.45) is 0 Å². The summed E-state index contributed by atoms with van der Waals surface area (Å²) in [6, 6.07) is 0.549. The lowest BCUT2D eigenvalue weighted by molar-refractivity contribution is -0.398. The molecular weight excluding hydrogens is 417 g/mol. The Morgan fingerprint density at radius 1 is 0.963 bits per heavy atom. The lowest BCUT2D eigenvalue weighted by Gasteiger charge is -2.33. The molecule has 0 aliphatic heterocycles. The molecule has 0 atom stereocenters. The Hall–Kier alpha value is -1.18. The molecule has 0 aliphatic carbocycles. The van der Waals surface area contributed by atoms with E-state index in [2.05, 4.69) is 4.74 Å². The van der Waals surface area contributed by atoms with E-state index in [-0.39, 0.29) is 6.54 Å². The molecule has 0 aromatic rings. The maximum atomic E-state index is 13.2. The molecule has 27 heavy (non-hydrogen) atoms. The summed E-state index contributed by atoms with van der Waals surface area (Å²) in [7, 11) is -1.99. The second kappa shape index (κ2) is 8.88. The summed E-state index contributed by atoms with van der Waals surface area (Å²) in [5.41, 5.74) is 0. The molecule has 1 N–H and O–H groups in total. The van der Waals surface area contributed by atoms with Crippen molar-refractivity contribution in [2.75, 3.05) is 19.8 Å². The largest absolute Gasteiger partial charge is 0.460 e. The van der Waals surface area contributed by atoms with Crippen LogP contribution in [-0.2, 0) is 9.16 Å². The van der Waals surface area contributed by atoms with Gasteiger partial charge in [-0.25, -0.2) is 4.79 Å². The number of nitrogens with one attached hydrogen (secondary N) is 1. The van der Waals surface area contributed by atoms with Crippen LogP contribution >= 0.6 is 0 Å². The van der Waals surface area contributed by atoms with Gasteiger partial charge in [-0.15, -0.1) is 0 Å². The van der Waals surface area contributed by atoms with E-state index in [0.717, 1.165) is 0 Å². The van der Waals surface area contributed by atoms with E-state index < -0.39 is 45.0 Å². The Labute approximate surface area is 150 Å². The Morgan fingerprint density at radius 3 is 1.93 bits per heavy atom. The van der Waals surface area contributed by atoms with Crippen LogP contribution in [0.5, 0.6) is 0 Å². The molecule has 4 nitrogen and oxygen atoms in total. The zero-order chi connectivity index (χ0) is 21.7. The van der Waals surface area contributed by atoms with Crippen LogP contribution in [0.2, 0.25) is 19.1 Å². The Morgan fingerprint density at radius 2 is 1.48 bits per heavy atom. The van der Waals surface area contributed by atoms with Crippen LogP contribution in [0.3, 0.4) is 0 Å². The maximum absolute atomic E-state index is 13.2. The molecule has 0 unspecified atom stereocenters. The molecular formula is C13H20F9NO3Si. The van der Waals surface area contributed by atoms with E-state index in [9.17, 15) is 44.3 Å². The van der Waals surface area contributed by atoms with E-state index >= 15 is 0 Å². The molecule has 0 radical (unpaired) electrons. The maximum Gasteiger partial charge on any atom is 0.460 e. The molecule has 0 aromatic heterocycles. The number of amides is 1. The molecule has 1 amide bonds. The van der Waals surface area contributed by atoms with Gasteiger partial charge >= 0.3 is 30.0 Å². The van der Waals surface area contributed by atoms with Crippen LogP contribution in [0.25, 0.3) is 0 Å². The summed E-state index contributed by atoms with van der Waals surface area (Å²) in [6.45, 7) is 3.22. The summed E-state index contributed by atoms with van der Waals surface area (Å²) < 4.78 is 123. The van der Waals surface area contributed by atoms with Gasteiger partial charge in [-0.2, -0.15) is 39.5 Å². The fraction of sp³-hybridized carbons (Fsp3) is 0.923. The third-order valence-electron chi connectivity index (χ3n) is 3.35. The van der Waals surface area contributed by atoms with E-state index in [1.54, 1.807) is 6.92 Å². The van der Waals surface area contributed by atoms with Crippen LogP contribution in [0.15, 0.2) is 0 Å². The highest BCUT2D eigenvalue weighted by Gasteiger charge is 2.82. The van der Waals surface area contributed by atoms with Gasteiger partial charge < -0.3 is 14.5 Å². The molecule has 0 saturated heterocycles. The van der Waals surface area contributed by atoms with Crippen LogP contribution in [0.1, 0.15) is 13.3 Å². The second-order valence-electron chi connectivity index (χ2n) is 6.15. The molecule has 0 saturated carbocycles. The highest BCUT2D eigenvalue weighted by atomic mass is 28.4. The number of rotatable bonds is 10. The topological polar surface area (TPSA) is 47.6 Å². The van der Waals surface area contributed by atoms with Gasteiger partial charge in [0.1, 0.15) is 0 Å². The summed E-state index contributed by atoms with van der Waals surface area (Å²) in [6.07, 6.45) is -8.25. The van der Waals surface area contributed by atoms with Gasteiger partial charge in [-0.05, 0) is 32.5 Å². The van der Waals surface area contributed by atoms with Gasteiger partial charge in [0, 0.05) is 13.2 Å². The van der Waals surface area contributed by atoms with Gasteiger partial charge in [-0.3, -0.25) is 0 Å². The average Bonchev–Trinajstić information content (AvgIpc) is 2.48. The van der Waals surface area contributed by atoms with Gasteiger partial charge in [-0.1, -0.05) is 0 Å². The first-order chi connectivity index (χ1) is 11.9. The normalized spacial score (nSPS) is 14.2. The molecule has 0 aliphatic rings. The van der Waals surface area contributed by atoms with Crippen molar-refractivity contribution in [1.82, 2.24) is 5.32 Å². The molecule has 14 heteroatoms. The molecule has 0 bridgehead atoms. The first-order valence-corrected chi connectivity index (χ1v) is 10.8. The predicted molar refractivity (Wildman–Crippen MR) is 78.8 cm³/mol. The molecule has 162 valence electrons. The molecule has 0 fully saturated rings. The predicted octanol–water partition coefficient (Wildman–Crippen LogP) is 4.81. The molecule has 0 aromatic carbocycles. The van der Waals surface area contributed by atoms with Crippen molar-refractivity contribution in [3.63, 3.8) is 0 Å². The highest BCUT2D eigenvalue weighted by Crippen LogP contribution is 2.53. The van der Waals surface area contributed by atoms with Crippen molar-refractivity contribution < 1.29 is 53.5 Å². The van der Waals surface area contributed by atoms with Crippen LogP contribution in [0, 0.1) is 0 Å². The van der Waals surface area contributed by atoms with Crippen molar-refractivity contribution >= 4 is 14.4 Å². The van der Waals surface area contributed by atoms with Gasteiger partial charge in [0.05, 0.1) is 0 Å². The quantitative estimate of drug-likeness (QED) is 0.303. The minimum atomic E-state index is -7.02. The number of halogens is 9. The molecule has 0 spiro atoms. The van der Waals surface area contributed by atoms with E-state index in [0.29, 0.717) is 19.1 Å². The minimum Gasteiger partial charge on any atom is -0.443 e. The van der Waals surface area contributed by atoms with Crippen molar-refractivity contribution in [1.29, 1.82) is 0 Å². The zero-order valence-electron chi connectivity index (χ0n) is 14.7. The van der Waals surface area contributed by atoms with Gasteiger partial charge in [0.25, 0.3) is 0 Å². The average molecular weight is 437 g/mol. The standard InChI is InChI=1S/C13H20F9NO3Si/c1-4-26-27(2,3)7-5-6-23-9(24)25-8-10(14,15)11(16,17)12(18,19)13(20,21)22/h4-8H2,1-3H3,(H,23,24). The van der Waals surface area contributed by atoms with Crippen LogP contribution in [0.4, 0.5) is 44.3 Å². The third-order valence-corrected chi connectivity index (χ3v) is 5.98.